The van der Waals surface area contributed by atoms with Crippen LogP contribution in [-0.4, -0.2) is 42.2 Å². The maximum Gasteiger partial charge on any atom is 0.307 e. The average Bonchev–Trinajstić information content (AvgIpc) is 2.98. The molecular weight excluding hydrogens is 384 g/mol. The van der Waals surface area contributed by atoms with Crippen molar-refractivity contribution in [2.24, 2.45) is 0 Å². The first kappa shape index (κ1) is 21.0. The van der Waals surface area contributed by atoms with E-state index in [4.69, 9.17) is 4.74 Å². The van der Waals surface area contributed by atoms with Crippen LogP contribution >= 0.6 is 0 Å². The van der Waals surface area contributed by atoms with Crippen LogP contribution < -0.4 is 5.32 Å². The number of imide groups is 1. The van der Waals surface area contributed by atoms with E-state index in [2.05, 4.69) is 11.9 Å². The van der Waals surface area contributed by atoms with Crippen molar-refractivity contribution in [3.8, 4) is 0 Å². The van der Waals surface area contributed by atoms with Crippen LogP contribution in [0.4, 0.5) is 0 Å². The molecule has 3 rings (SSSR count). The van der Waals surface area contributed by atoms with Gasteiger partial charge >= 0.3 is 5.97 Å². The molecule has 0 bridgehead atoms. The zero-order valence-corrected chi connectivity index (χ0v) is 16.8. The summed E-state index contributed by atoms with van der Waals surface area (Å²) in [6.45, 7) is 5.59. The lowest BCUT2D eigenvalue weighted by atomic mass is 10.0. The molecule has 1 aliphatic heterocycles. The maximum absolute atomic E-state index is 12.9. The monoisotopic (exact) mass is 406 g/mol. The summed E-state index contributed by atoms with van der Waals surface area (Å²) in [5.41, 5.74) is 2.45. The topological polar surface area (TPSA) is 92.8 Å². The molecule has 0 aromatic heterocycles. The normalized spacial score (nSPS) is 13.6. The van der Waals surface area contributed by atoms with E-state index in [-0.39, 0.29) is 29.7 Å². The van der Waals surface area contributed by atoms with Gasteiger partial charge in [0.1, 0.15) is 0 Å². The van der Waals surface area contributed by atoms with Crippen LogP contribution in [-0.2, 0) is 9.53 Å². The highest BCUT2D eigenvalue weighted by Gasteiger charge is 2.35. The molecule has 0 fully saturated rings. The van der Waals surface area contributed by atoms with Crippen LogP contribution in [0, 0.1) is 6.92 Å². The second-order valence-electron chi connectivity index (χ2n) is 6.99. The van der Waals surface area contributed by atoms with Gasteiger partial charge < -0.3 is 10.1 Å². The second kappa shape index (κ2) is 8.73. The van der Waals surface area contributed by atoms with Gasteiger partial charge in [0.2, 0.25) is 0 Å². The summed E-state index contributed by atoms with van der Waals surface area (Å²) in [5.74, 6) is -1.80. The number of carbonyl (C=O) groups is 4. The van der Waals surface area contributed by atoms with Crippen molar-refractivity contribution in [1.82, 2.24) is 10.2 Å². The highest BCUT2D eigenvalue weighted by molar-refractivity contribution is 6.22. The summed E-state index contributed by atoms with van der Waals surface area (Å²) < 4.78 is 4.75. The van der Waals surface area contributed by atoms with Crippen LogP contribution in [0.25, 0.3) is 0 Å². The number of methoxy groups -OCH3 is 1. The molecule has 0 spiro atoms. The van der Waals surface area contributed by atoms with Crippen LogP contribution in [0.1, 0.15) is 54.7 Å². The van der Waals surface area contributed by atoms with Gasteiger partial charge in [-0.3, -0.25) is 24.1 Å². The smallest absolute Gasteiger partial charge is 0.307 e. The molecule has 0 aliphatic carbocycles. The number of fused-ring (bicyclic) bond motifs is 1. The number of ether oxygens (including phenoxy) is 1. The molecule has 7 heteroatoms. The van der Waals surface area contributed by atoms with E-state index in [1.165, 1.54) is 31.4 Å². The van der Waals surface area contributed by atoms with Crippen LogP contribution in [0.5, 0.6) is 0 Å². The van der Waals surface area contributed by atoms with E-state index in [9.17, 15) is 19.2 Å². The fourth-order valence-electron chi connectivity index (χ4n) is 3.27. The van der Waals surface area contributed by atoms with Gasteiger partial charge in [0, 0.05) is 12.1 Å². The second-order valence-corrected chi connectivity index (χ2v) is 6.99. The summed E-state index contributed by atoms with van der Waals surface area (Å²) in [7, 11) is 1.29. The van der Waals surface area contributed by atoms with Gasteiger partial charge in [0.15, 0.2) is 0 Å². The van der Waals surface area contributed by atoms with E-state index in [1.807, 2.05) is 31.2 Å². The lowest BCUT2D eigenvalue weighted by molar-refractivity contribution is -0.141. The number of amides is 3. The predicted molar refractivity (Wildman–Crippen MR) is 110 cm³/mol. The maximum atomic E-state index is 12.9. The van der Waals surface area contributed by atoms with Crippen LogP contribution in [0.3, 0.4) is 0 Å². The van der Waals surface area contributed by atoms with E-state index in [0.29, 0.717) is 0 Å². The first-order valence-electron chi connectivity index (χ1n) is 9.41. The number of hydrogen-bond acceptors (Lipinski definition) is 5. The third-order valence-corrected chi connectivity index (χ3v) is 4.93. The summed E-state index contributed by atoms with van der Waals surface area (Å²) in [6.07, 6.45) is 1.43. The minimum Gasteiger partial charge on any atom is -0.469 e. The fraction of sp³-hybridized carbons (Fsp3) is 0.217. The zero-order valence-electron chi connectivity index (χ0n) is 16.8. The van der Waals surface area contributed by atoms with Crippen molar-refractivity contribution in [3.63, 3.8) is 0 Å². The Morgan fingerprint density at radius 1 is 1.10 bits per heavy atom. The van der Waals surface area contributed by atoms with Gasteiger partial charge in [-0.2, -0.15) is 0 Å². The Balaban J connectivity index is 1.86. The third kappa shape index (κ3) is 4.15. The standard InChI is InChI=1S/C23H22N2O5/c1-4-11-25-22(28)17-10-9-16(12-18(17)23(25)29)21(27)24-19(13-20(26)30-3)15-7-5-14(2)6-8-15/h4-10,12,19H,1,11,13H2,2-3H3,(H,24,27)/t19-/m0/s1. The summed E-state index contributed by atoms with van der Waals surface area (Å²) in [4.78, 5) is 50.6. The Bertz CT molecular complexity index is 1030. The van der Waals surface area contributed by atoms with Crippen LogP contribution in [0.2, 0.25) is 0 Å². The highest BCUT2D eigenvalue weighted by atomic mass is 16.5. The Morgan fingerprint density at radius 3 is 2.40 bits per heavy atom. The lowest BCUT2D eigenvalue weighted by Crippen LogP contribution is -2.30. The van der Waals surface area contributed by atoms with Crippen molar-refractivity contribution in [2.75, 3.05) is 13.7 Å². The van der Waals surface area contributed by atoms with Gasteiger partial charge in [-0.25, -0.2) is 0 Å². The van der Waals surface area contributed by atoms with Gasteiger partial charge in [-0.15, -0.1) is 6.58 Å². The number of nitrogens with one attached hydrogen (secondary N) is 1. The van der Waals surface area contributed by atoms with Crippen molar-refractivity contribution in [3.05, 3.63) is 82.9 Å². The minimum atomic E-state index is -0.603. The molecule has 0 unspecified atom stereocenters. The molecule has 3 amide bonds. The average molecular weight is 406 g/mol. The molecule has 1 atom stereocenters. The number of hydrogen-bond donors (Lipinski definition) is 1. The molecular formula is C23H22N2O5. The Morgan fingerprint density at radius 2 is 1.77 bits per heavy atom. The molecule has 7 nitrogen and oxygen atoms in total. The predicted octanol–water partition coefficient (Wildman–Crippen LogP) is 2.81. The van der Waals surface area contributed by atoms with Crippen molar-refractivity contribution in [1.29, 1.82) is 0 Å². The van der Waals surface area contributed by atoms with E-state index in [1.54, 1.807) is 0 Å². The van der Waals surface area contributed by atoms with E-state index < -0.39 is 29.7 Å². The molecule has 30 heavy (non-hydrogen) atoms. The molecule has 2 aromatic rings. The summed E-state index contributed by atoms with van der Waals surface area (Å²) >= 11 is 0. The van der Waals surface area contributed by atoms with Gasteiger partial charge in [-0.1, -0.05) is 35.9 Å². The molecule has 0 radical (unpaired) electrons. The fourth-order valence-corrected chi connectivity index (χ4v) is 3.27. The van der Waals surface area contributed by atoms with Gasteiger partial charge in [-0.05, 0) is 30.7 Å². The SMILES string of the molecule is C=CCN1C(=O)c2ccc(C(=O)N[C@@H](CC(=O)OC)c3ccc(C)cc3)cc2C1=O. The van der Waals surface area contributed by atoms with Gasteiger partial charge in [0.05, 0.1) is 30.7 Å². The van der Waals surface area contributed by atoms with E-state index >= 15 is 0 Å². The van der Waals surface area contributed by atoms with Crippen molar-refractivity contribution in [2.45, 2.75) is 19.4 Å². The molecule has 2 aromatic carbocycles. The molecule has 1 heterocycles. The summed E-state index contributed by atoms with van der Waals surface area (Å²) in [6, 6.07) is 11.2. The Hall–Kier alpha value is -3.74. The van der Waals surface area contributed by atoms with Crippen molar-refractivity contribution < 1.29 is 23.9 Å². The minimum absolute atomic E-state index is 0.0409. The Kier molecular flexibility index (Phi) is 6.11. The molecule has 0 saturated heterocycles. The molecule has 1 N–H and O–H groups in total. The first-order valence-corrected chi connectivity index (χ1v) is 9.41. The number of aryl methyl sites for hydroxylation is 1. The number of carbonyl (C=O) groups excluding carboxylic acids is 4. The molecule has 154 valence electrons. The van der Waals surface area contributed by atoms with E-state index in [0.717, 1.165) is 16.0 Å². The largest absolute Gasteiger partial charge is 0.469 e. The third-order valence-electron chi connectivity index (χ3n) is 4.93. The number of rotatable bonds is 7. The summed E-state index contributed by atoms with van der Waals surface area (Å²) in [5, 5.41) is 2.82. The molecule has 1 aliphatic rings. The number of benzene rings is 2. The molecule has 0 saturated carbocycles. The zero-order chi connectivity index (χ0) is 21.8. The number of esters is 1. The Labute approximate surface area is 174 Å². The quantitative estimate of drug-likeness (QED) is 0.434. The van der Waals surface area contributed by atoms with Crippen molar-refractivity contribution >= 4 is 23.7 Å². The highest BCUT2D eigenvalue weighted by Crippen LogP contribution is 2.25. The van der Waals surface area contributed by atoms with Crippen LogP contribution in [0.15, 0.2) is 55.1 Å². The number of nitrogens with zero attached hydrogens (tertiary/aromatic N) is 1. The first-order chi connectivity index (χ1) is 14.3. The lowest BCUT2D eigenvalue weighted by Gasteiger charge is -2.18. The van der Waals surface area contributed by atoms with Gasteiger partial charge in [0.25, 0.3) is 17.7 Å².